The van der Waals surface area contributed by atoms with Crippen LogP contribution in [0.3, 0.4) is 0 Å². The molecule has 0 heterocycles. The van der Waals surface area contributed by atoms with E-state index in [-0.39, 0.29) is 49.9 Å². The van der Waals surface area contributed by atoms with Gasteiger partial charge in [0.05, 0.1) is 11.5 Å². The van der Waals surface area contributed by atoms with Gasteiger partial charge >= 0.3 is 17.6 Å². The molecule has 0 bridgehead atoms. The lowest BCUT2D eigenvalue weighted by Crippen LogP contribution is -2.10. The van der Waals surface area contributed by atoms with Gasteiger partial charge in [-0.2, -0.15) is 0 Å². The van der Waals surface area contributed by atoms with Crippen molar-refractivity contribution in [2.75, 3.05) is 13.2 Å². The van der Waals surface area contributed by atoms with Crippen LogP contribution in [0.1, 0.15) is 31.7 Å². The third-order valence-electron chi connectivity index (χ3n) is 2.91. The first-order valence-corrected chi connectivity index (χ1v) is 7.22. The summed E-state index contributed by atoms with van der Waals surface area (Å²) in [6, 6.07) is 4.16. The van der Waals surface area contributed by atoms with Gasteiger partial charge in [0, 0.05) is 25.5 Å². The van der Waals surface area contributed by atoms with E-state index in [4.69, 9.17) is 14.6 Å². The second-order valence-corrected chi connectivity index (χ2v) is 4.67. The van der Waals surface area contributed by atoms with Gasteiger partial charge in [-0.3, -0.25) is 19.7 Å². The summed E-state index contributed by atoms with van der Waals surface area (Å²) in [4.78, 5) is 33.2. The van der Waals surface area contributed by atoms with Crippen molar-refractivity contribution in [1.82, 2.24) is 0 Å². The zero-order chi connectivity index (χ0) is 17.2. The average Bonchev–Trinajstić information content (AvgIpc) is 2.52. The smallest absolute Gasteiger partial charge is 0.311 e. The van der Waals surface area contributed by atoms with Gasteiger partial charge in [0.25, 0.3) is 0 Å². The van der Waals surface area contributed by atoms with Gasteiger partial charge in [0.2, 0.25) is 5.75 Å². The maximum Gasteiger partial charge on any atom is 0.311 e. The number of aryl methyl sites for hydroxylation is 1. The van der Waals surface area contributed by atoms with Crippen molar-refractivity contribution in [3.63, 3.8) is 0 Å². The second kappa shape index (κ2) is 9.52. The van der Waals surface area contributed by atoms with Crippen LogP contribution in [-0.2, 0) is 20.7 Å². The molecule has 126 valence electrons. The minimum Gasteiger partial charge on any atom is -0.466 e. The lowest BCUT2D eigenvalue weighted by Gasteiger charge is -2.07. The summed E-state index contributed by atoms with van der Waals surface area (Å²) < 4.78 is 9.74. The number of nitro groups is 1. The molecule has 0 aliphatic carbocycles. The van der Waals surface area contributed by atoms with Gasteiger partial charge in [-0.1, -0.05) is 6.07 Å². The SMILES string of the molecule is CCOC(=O)CCc1ccc(OC(=O)CCCO)c([N+](=O)[O-])c1. The van der Waals surface area contributed by atoms with Crippen molar-refractivity contribution in [3.05, 3.63) is 33.9 Å². The Morgan fingerprint density at radius 3 is 2.61 bits per heavy atom. The van der Waals surface area contributed by atoms with Crippen LogP contribution < -0.4 is 4.74 Å². The number of ether oxygens (including phenoxy) is 2. The molecule has 1 N–H and O–H groups in total. The summed E-state index contributed by atoms with van der Waals surface area (Å²) in [5.41, 5.74) is 0.226. The molecule has 23 heavy (non-hydrogen) atoms. The average molecular weight is 325 g/mol. The molecule has 0 saturated heterocycles. The van der Waals surface area contributed by atoms with Crippen molar-refractivity contribution in [3.8, 4) is 5.75 Å². The van der Waals surface area contributed by atoms with Crippen LogP contribution in [0.2, 0.25) is 0 Å². The van der Waals surface area contributed by atoms with Crippen LogP contribution in [0.15, 0.2) is 18.2 Å². The van der Waals surface area contributed by atoms with E-state index in [1.807, 2.05) is 0 Å². The van der Waals surface area contributed by atoms with Gasteiger partial charge < -0.3 is 14.6 Å². The Labute approximate surface area is 133 Å². The summed E-state index contributed by atoms with van der Waals surface area (Å²) >= 11 is 0. The predicted molar refractivity (Wildman–Crippen MR) is 80.0 cm³/mol. The minimum absolute atomic E-state index is 0.0295. The Kier molecular flexibility index (Phi) is 7.69. The zero-order valence-corrected chi connectivity index (χ0v) is 12.8. The van der Waals surface area contributed by atoms with E-state index in [0.29, 0.717) is 12.0 Å². The third kappa shape index (κ3) is 6.43. The molecule has 0 saturated carbocycles. The summed E-state index contributed by atoms with van der Waals surface area (Å²) in [5, 5.41) is 19.7. The Morgan fingerprint density at radius 1 is 1.26 bits per heavy atom. The van der Waals surface area contributed by atoms with E-state index >= 15 is 0 Å². The molecular formula is C15H19NO7. The largest absolute Gasteiger partial charge is 0.466 e. The fraction of sp³-hybridized carbons (Fsp3) is 0.467. The molecule has 0 amide bonds. The number of hydrogen-bond acceptors (Lipinski definition) is 7. The molecule has 8 heteroatoms. The molecule has 0 fully saturated rings. The van der Waals surface area contributed by atoms with Gasteiger partial charge in [-0.05, 0) is 31.4 Å². The zero-order valence-electron chi connectivity index (χ0n) is 12.8. The molecule has 0 aliphatic rings. The van der Waals surface area contributed by atoms with E-state index in [9.17, 15) is 19.7 Å². The standard InChI is InChI=1S/C15H19NO7/c1-2-22-14(18)8-6-11-5-7-13(12(10-11)16(20)21)23-15(19)4-3-9-17/h5,7,10,17H,2-4,6,8-9H2,1H3. The Balaban J connectivity index is 2.79. The summed E-state index contributed by atoms with van der Waals surface area (Å²) in [7, 11) is 0. The van der Waals surface area contributed by atoms with Crippen molar-refractivity contribution < 1.29 is 29.1 Å². The maximum atomic E-state index is 11.5. The summed E-state index contributed by atoms with van der Waals surface area (Å²) in [5.74, 6) is -1.19. The van der Waals surface area contributed by atoms with E-state index in [1.54, 1.807) is 13.0 Å². The summed E-state index contributed by atoms with van der Waals surface area (Å²) in [6.45, 7) is 1.81. The molecule has 0 spiro atoms. The van der Waals surface area contributed by atoms with Crippen LogP contribution in [0.25, 0.3) is 0 Å². The number of aliphatic hydroxyl groups is 1. The van der Waals surface area contributed by atoms with Crippen molar-refractivity contribution in [2.45, 2.75) is 32.6 Å². The first-order chi connectivity index (χ1) is 11.0. The molecule has 0 atom stereocenters. The Hall–Kier alpha value is -2.48. The van der Waals surface area contributed by atoms with Crippen LogP contribution in [0.5, 0.6) is 5.75 Å². The topological polar surface area (TPSA) is 116 Å². The van der Waals surface area contributed by atoms with E-state index in [0.717, 1.165) is 0 Å². The molecule has 1 rings (SSSR count). The van der Waals surface area contributed by atoms with Crippen molar-refractivity contribution in [2.24, 2.45) is 0 Å². The van der Waals surface area contributed by atoms with Crippen molar-refractivity contribution in [1.29, 1.82) is 0 Å². The van der Waals surface area contributed by atoms with E-state index in [2.05, 4.69) is 0 Å². The number of carbonyl (C=O) groups excluding carboxylic acids is 2. The number of hydrogen-bond donors (Lipinski definition) is 1. The molecule has 0 aromatic heterocycles. The fourth-order valence-electron chi connectivity index (χ4n) is 1.82. The number of aliphatic hydroxyl groups excluding tert-OH is 1. The number of nitrogens with zero attached hydrogens (tertiary/aromatic N) is 1. The Morgan fingerprint density at radius 2 is 2.00 bits per heavy atom. The molecule has 1 aromatic rings. The monoisotopic (exact) mass is 325 g/mol. The highest BCUT2D eigenvalue weighted by Gasteiger charge is 2.19. The van der Waals surface area contributed by atoms with Gasteiger partial charge in [-0.25, -0.2) is 0 Å². The maximum absolute atomic E-state index is 11.5. The fourth-order valence-corrected chi connectivity index (χ4v) is 1.82. The first-order valence-electron chi connectivity index (χ1n) is 7.22. The van der Waals surface area contributed by atoms with E-state index < -0.39 is 10.9 Å². The third-order valence-corrected chi connectivity index (χ3v) is 2.91. The highest BCUT2D eigenvalue weighted by atomic mass is 16.6. The second-order valence-electron chi connectivity index (χ2n) is 4.67. The first kappa shape index (κ1) is 18.6. The quantitative estimate of drug-likeness (QED) is 0.318. The van der Waals surface area contributed by atoms with Gasteiger partial charge in [-0.15, -0.1) is 0 Å². The van der Waals surface area contributed by atoms with Crippen molar-refractivity contribution >= 4 is 17.6 Å². The van der Waals surface area contributed by atoms with Gasteiger partial charge in [0.1, 0.15) is 0 Å². The highest BCUT2D eigenvalue weighted by molar-refractivity contribution is 5.74. The molecule has 0 unspecified atom stereocenters. The summed E-state index contributed by atoms with van der Waals surface area (Å²) in [6.07, 6.45) is 0.599. The van der Waals surface area contributed by atoms with Crippen LogP contribution >= 0.6 is 0 Å². The number of rotatable bonds is 9. The number of carbonyl (C=O) groups is 2. The highest BCUT2D eigenvalue weighted by Crippen LogP contribution is 2.29. The van der Waals surface area contributed by atoms with E-state index in [1.165, 1.54) is 12.1 Å². The number of esters is 2. The molecule has 0 radical (unpaired) electrons. The number of benzene rings is 1. The van der Waals surface area contributed by atoms with Gasteiger partial charge in [0.15, 0.2) is 0 Å². The lowest BCUT2D eigenvalue weighted by molar-refractivity contribution is -0.385. The molecular weight excluding hydrogens is 306 g/mol. The Bertz CT molecular complexity index is 571. The van der Waals surface area contributed by atoms with Crippen LogP contribution in [-0.4, -0.2) is 35.2 Å². The molecule has 0 aliphatic heterocycles. The van der Waals surface area contributed by atoms with Crippen LogP contribution in [0.4, 0.5) is 5.69 Å². The predicted octanol–water partition coefficient (Wildman–Crippen LogP) is 1.77. The molecule has 1 aromatic carbocycles. The lowest BCUT2D eigenvalue weighted by atomic mass is 10.1. The molecule has 8 nitrogen and oxygen atoms in total. The minimum atomic E-state index is -0.651. The normalized spacial score (nSPS) is 10.2. The number of nitro benzene ring substituents is 1. The van der Waals surface area contributed by atoms with Crippen LogP contribution in [0, 0.1) is 10.1 Å².